The summed E-state index contributed by atoms with van der Waals surface area (Å²) in [6.07, 6.45) is 0. The Hall–Kier alpha value is -2.99. The summed E-state index contributed by atoms with van der Waals surface area (Å²) in [6.45, 7) is 3.82. The Morgan fingerprint density at radius 2 is 2.00 bits per heavy atom. The molecule has 2 aromatic rings. The van der Waals surface area contributed by atoms with Crippen molar-refractivity contribution in [3.8, 4) is 11.5 Å². The number of nitrogens with zero attached hydrogens (tertiary/aromatic N) is 1. The molecule has 2 heterocycles. The third-order valence-electron chi connectivity index (χ3n) is 4.21. The fourth-order valence-corrected chi connectivity index (χ4v) is 3.23. The van der Waals surface area contributed by atoms with E-state index in [-0.39, 0.29) is 25.9 Å². The van der Waals surface area contributed by atoms with E-state index in [0.717, 1.165) is 5.56 Å². The molecule has 6 nitrogen and oxygen atoms in total. The Labute approximate surface area is 154 Å². The van der Waals surface area contributed by atoms with Crippen molar-refractivity contribution in [2.45, 2.75) is 6.61 Å². The minimum absolute atomic E-state index is 0.0106. The van der Waals surface area contributed by atoms with Crippen LogP contribution in [0.4, 0.5) is 0 Å². The van der Waals surface area contributed by atoms with Crippen molar-refractivity contribution in [2.24, 2.45) is 0 Å². The van der Waals surface area contributed by atoms with Gasteiger partial charge in [0.25, 0.3) is 5.91 Å². The first-order valence-electron chi connectivity index (χ1n) is 7.88. The summed E-state index contributed by atoms with van der Waals surface area (Å²) in [5.74, 6) is 0.204. The van der Waals surface area contributed by atoms with E-state index in [2.05, 4.69) is 6.58 Å². The normalized spacial score (nSPS) is 14.6. The summed E-state index contributed by atoms with van der Waals surface area (Å²) in [4.78, 5) is 25.9. The molecule has 0 saturated heterocycles. The Morgan fingerprint density at radius 3 is 2.77 bits per heavy atom. The molecule has 2 aliphatic rings. The number of amides is 1. The van der Waals surface area contributed by atoms with Crippen LogP contribution in [0, 0.1) is 0 Å². The molecule has 7 heteroatoms. The van der Waals surface area contributed by atoms with E-state index in [4.69, 9.17) is 25.8 Å². The van der Waals surface area contributed by atoms with E-state index in [1.54, 1.807) is 30.3 Å². The van der Waals surface area contributed by atoms with Gasteiger partial charge in [0.2, 0.25) is 6.79 Å². The van der Waals surface area contributed by atoms with Crippen molar-refractivity contribution in [3.63, 3.8) is 0 Å². The topological polar surface area (TPSA) is 65.1 Å². The average molecular weight is 372 g/mol. The molecule has 1 amide bonds. The molecular formula is C19H14ClNO5. The number of carbonyl (C=O) groups is 2. The molecule has 0 saturated carbocycles. The number of fused-ring (bicyclic) bond motifs is 2. The highest BCUT2D eigenvalue weighted by atomic mass is 35.5. The summed E-state index contributed by atoms with van der Waals surface area (Å²) < 4.78 is 15.8. The molecular weight excluding hydrogens is 358 g/mol. The van der Waals surface area contributed by atoms with Gasteiger partial charge in [-0.25, -0.2) is 0 Å². The standard InChI is InChI=1S/C19H14ClNO5/c1-11-13-4-2-3-5-14(13)19(23)21(11)8-17(22)24-9-12-6-15(20)18-16(7-12)25-10-26-18/h2-7H,1,8-10H2. The van der Waals surface area contributed by atoms with Gasteiger partial charge in [-0.3, -0.25) is 14.5 Å². The lowest BCUT2D eigenvalue weighted by atomic mass is 10.1. The number of benzene rings is 2. The lowest BCUT2D eigenvalue weighted by molar-refractivity contribution is -0.145. The number of carbonyl (C=O) groups excluding carboxylic acids is 2. The van der Waals surface area contributed by atoms with Crippen LogP contribution in [-0.2, 0) is 16.1 Å². The van der Waals surface area contributed by atoms with Crippen LogP contribution < -0.4 is 9.47 Å². The highest BCUT2D eigenvalue weighted by Crippen LogP contribution is 2.40. The molecule has 4 rings (SSSR count). The van der Waals surface area contributed by atoms with E-state index in [0.29, 0.717) is 33.3 Å². The minimum Gasteiger partial charge on any atom is -0.459 e. The maximum atomic E-state index is 12.4. The SMILES string of the molecule is C=C1c2ccccc2C(=O)N1CC(=O)OCc1cc(Cl)c2c(c1)OCO2. The largest absolute Gasteiger partial charge is 0.459 e. The van der Waals surface area contributed by atoms with E-state index >= 15 is 0 Å². The van der Waals surface area contributed by atoms with Gasteiger partial charge in [-0.15, -0.1) is 0 Å². The summed E-state index contributed by atoms with van der Waals surface area (Å²) in [5, 5.41) is 0.393. The highest BCUT2D eigenvalue weighted by molar-refractivity contribution is 6.32. The lowest BCUT2D eigenvalue weighted by Crippen LogP contribution is -2.30. The van der Waals surface area contributed by atoms with Crippen molar-refractivity contribution in [1.29, 1.82) is 0 Å². The van der Waals surface area contributed by atoms with Crippen molar-refractivity contribution in [2.75, 3.05) is 13.3 Å². The minimum atomic E-state index is -0.541. The third kappa shape index (κ3) is 2.78. The number of rotatable bonds is 4. The monoisotopic (exact) mass is 371 g/mol. The molecule has 0 N–H and O–H groups in total. The van der Waals surface area contributed by atoms with Gasteiger partial charge in [-0.05, 0) is 23.8 Å². The molecule has 0 radical (unpaired) electrons. The molecule has 2 aliphatic heterocycles. The number of hydrogen-bond acceptors (Lipinski definition) is 5. The predicted molar refractivity (Wildman–Crippen MR) is 93.9 cm³/mol. The van der Waals surface area contributed by atoms with Crippen LogP contribution in [0.1, 0.15) is 21.5 Å². The molecule has 0 aromatic heterocycles. The molecule has 132 valence electrons. The quantitative estimate of drug-likeness (QED) is 0.772. The van der Waals surface area contributed by atoms with Crippen LogP contribution in [0.25, 0.3) is 5.70 Å². The second-order valence-corrected chi connectivity index (χ2v) is 6.26. The van der Waals surface area contributed by atoms with Gasteiger partial charge in [-0.2, -0.15) is 0 Å². The van der Waals surface area contributed by atoms with Crippen molar-refractivity contribution >= 4 is 29.2 Å². The van der Waals surface area contributed by atoms with Crippen molar-refractivity contribution < 1.29 is 23.8 Å². The second-order valence-electron chi connectivity index (χ2n) is 5.86. The van der Waals surface area contributed by atoms with Gasteiger partial charge >= 0.3 is 5.97 Å². The zero-order valence-corrected chi connectivity index (χ0v) is 14.4. The number of ether oxygens (including phenoxy) is 3. The van der Waals surface area contributed by atoms with Gasteiger partial charge in [-0.1, -0.05) is 36.4 Å². The molecule has 2 aromatic carbocycles. The van der Waals surface area contributed by atoms with Crippen LogP contribution in [0.5, 0.6) is 11.5 Å². The molecule has 0 bridgehead atoms. The molecule has 0 unspecified atom stereocenters. The van der Waals surface area contributed by atoms with Gasteiger partial charge < -0.3 is 14.2 Å². The number of halogens is 1. The molecule has 26 heavy (non-hydrogen) atoms. The van der Waals surface area contributed by atoms with E-state index in [9.17, 15) is 9.59 Å². The molecule has 0 atom stereocenters. The Bertz CT molecular complexity index is 905. The average Bonchev–Trinajstić information content (AvgIpc) is 3.20. The van der Waals surface area contributed by atoms with Crippen molar-refractivity contribution in [1.82, 2.24) is 4.90 Å². The highest BCUT2D eigenvalue weighted by Gasteiger charge is 2.32. The summed E-state index contributed by atoms with van der Waals surface area (Å²) >= 11 is 6.11. The first-order valence-corrected chi connectivity index (χ1v) is 8.26. The Balaban J connectivity index is 1.40. The summed E-state index contributed by atoms with van der Waals surface area (Å²) in [6, 6.07) is 10.5. The van der Waals surface area contributed by atoms with Crippen molar-refractivity contribution in [3.05, 3.63) is 64.7 Å². The predicted octanol–water partition coefficient (Wildman–Crippen LogP) is 3.24. The first-order chi connectivity index (χ1) is 12.5. The van der Waals surface area contributed by atoms with E-state index < -0.39 is 5.97 Å². The van der Waals surface area contributed by atoms with Crippen LogP contribution in [-0.4, -0.2) is 30.1 Å². The van der Waals surface area contributed by atoms with Crippen LogP contribution in [0.2, 0.25) is 5.02 Å². The summed E-state index contributed by atoms with van der Waals surface area (Å²) in [5.41, 5.74) is 2.43. The Morgan fingerprint density at radius 1 is 1.23 bits per heavy atom. The van der Waals surface area contributed by atoms with Gasteiger partial charge in [0.05, 0.1) is 5.02 Å². The van der Waals surface area contributed by atoms with Gasteiger partial charge in [0.15, 0.2) is 11.5 Å². The number of esters is 1. The van der Waals surface area contributed by atoms with Gasteiger partial charge in [0, 0.05) is 16.8 Å². The smallest absolute Gasteiger partial charge is 0.326 e. The maximum Gasteiger partial charge on any atom is 0.326 e. The fourth-order valence-electron chi connectivity index (χ4n) is 2.94. The zero-order valence-electron chi connectivity index (χ0n) is 13.7. The summed E-state index contributed by atoms with van der Waals surface area (Å²) in [7, 11) is 0. The van der Waals surface area contributed by atoms with E-state index in [1.807, 2.05) is 6.07 Å². The Kier molecular flexibility index (Phi) is 4.05. The van der Waals surface area contributed by atoms with E-state index in [1.165, 1.54) is 4.90 Å². The van der Waals surface area contributed by atoms with Crippen LogP contribution >= 0.6 is 11.6 Å². The van der Waals surface area contributed by atoms with Gasteiger partial charge in [0.1, 0.15) is 13.2 Å². The number of hydrogen-bond donors (Lipinski definition) is 0. The fraction of sp³-hybridized carbons (Fsp3) is 0.158. The lowest BCUT2D eigenvalue weighted by Gasteiger charge is -2.16. The molecule has 0 aliphatic carbocycles. The third-order valence-corrected chi connectivity index (χ3v) is 4.49. The van der Waals surface area contributed by atoms with Crippen LogP contribution in [0.15, 0.2) is 43.0 Å². The zero-order chi connectivity index (χ0) is 18.3. The maximum absolute atomic E-state index is 12.4. The van der Waals surface area contributed by atoms with Crippen LogP contribution in [0.3, 0.4) is 0 Å². The second kappa shape index (κ2) is 6.38. The molecule has 0 fully saturated rings. The first kappa shape index (κ1) is 16.5. The molecule has 0 spiro atoms.